The first-order chi connectivity index (χ1) is 9.19. The van der Waals surface area contributed by atoms with E-state index in [0.717, 1.165) is 33.6 Å². The molecule has 0 spiro atoms. The van der Waals surface area contributed by atoms with Crippen LogP contribution in [0.25, 0.3) is 0 Å². The van der Waals surface area contributed by atoms with Crippen LogP contribution in [0.2, 0.25) is 0 Å². The number of pyridine rings is 1. The number of nitrogens with one attached hydrogen (secondary N) is 1. The maximum Gasteiger partial charge on any atom is 0.154 e. The Morgan fingerprint density at radius 2 is 2.26 bits per heavy atom. The summed E-state index contributed by atoms with van der Waals surface area (Å²) < 4.78 is 1.07. The fourth-order valence-electron chi connectivity index (χ4n) is 1.65. The quantitative estimate of drug-likeness (QED) is 0.871. The SMILES string of the molecule is CCCNC(C)c1ccc(Sc2nc(C)cs2)cn1. The second kappa shape index (κ2) is 7.03. The zero-order valence-electron chi connectivity index (χ0n) is 11.5. The third kappa shape index (κ3) is 4.30. The summed E-state index contributed by atoms with van der Waals surface area (Å²) in [5, 5.41) is 5.51. The van der Waals surface area contributed by atoms with Gasteiger partial charge in [-0.3, -0.25) is 4.98 Å². The van der Waals surface area contributed by atoms with Gasteiger partial charge in [0.15, 0.2) is 4.34 Å². The van der Waals surface area contributed by atoms with Crippen LogP contribution in [0.15, 0.2) is 32.9 Å². The third-order valence-corrected chi connectivity index (χ3v) is 4.74. The minimum absolute atomic E-state index is 0.307. The summed E-state index contributed by atoms with van der Waals surface area (Å²) in [6.45, 7) is 7.36. The van der Waals surface area contributed by atoms with Crippen LogP contribution in [0.4, 0.5) is 0 Å². The molecule has 1 unspecified atom stereocenters. The van der Waals surface area contributed by atoms with E-state index in [1.54, 1.807) is 23.1 Å². The Labute approximate surface area is 122 Å². The highest BCUT2D eigenvalue weighted by atomic mass is 32.2. The van der Waals surface area contributed by atoms with E-state index in [0.29, 0.717) is 6.04 Å². The molecule has 0 radical (unpaired) electrons. The predicted molar refractivity (Wildman–Crippen MR) is 81.9 cm³/mol. The van der Waals surface area contributed by atoms with Crippen molar-refractivity contribution in [3.05, 3.63) is 35.1 Å². The molecule has 0 saturated heterocycles. The molecule has 102 valence electrons. The van der Waals surface area contributed by atoms with Crippen LogP contribution < -0.4 is 5.32 Å². The van der Waals surface area contributed by atoms with Crippen LogP contribution in [0, 0.1) is 6.92 Å². The van der Waals surface area contributed by atoms with E-state index in [2.05, 4.69) is 46.6 Å². The smallest absolute Gasteiger partial charge is 0.154 e. The van der Waals surface area contributed by atoms with Crippen LogP contribution in [-0.4, -0.2) is 16.5 Å². The molecule has 0 aliphatic carbocycles. The van der Waals surface area contributed by atoms with Crippen molar-refractivity contribution in [1.82, 2.24) is 15.3 Å². The van der Waals surface area contributed by atoms with Gasteiger partial charge in [0, 0.05) is 28.2 Å². The topological polar surface area (TPSA) is 37.8 Å². The number of aromatic nitrogens is 2. The van der Waals surface area contributed by atoms with Gasteiger partial charge in [-0.25, -0.2) is 4.98 Å². The molecule has 5 heteroatoms. The van der Waals surface area contributed by atoms with Crippen molar-refractivity contribution in [2.45, 2.75) is 42.5 Å². The third-order valence-electron chi connectivity index (χ3n) is 2.71. The molecule has 0 saturated carbocycles. The van der Waals surface area contributed by atoms with E-state index in [9.17, 15) is 0 Å². The Balaban J connectivity index is 1.98. The standard InChI is InChI=1S/C14H19N3S2/c1-4-7-15-11(3)13-6-5-12(8-16-13)19-14-17-10(2)9-18-14/h5-6,8-9,11,15H,4,7H2,1-3H3. The molecule has 0 fully saturated rings. The Morgan fingerprint density at radius 1 is 1.42 bits per heavy atom. The maximum absolute atomic E-state index is 4.53. The Bertz CT molecular complexity index is 508. The molecule has 0 bridgehead atoms. The second-order valence-corrected chi connectivity index (χ2v) is 6.63. The summed E-state index contributed by atoms with van der Waals surface area (Å²) in [5.74, 6) is 0. The van der Waals surface area contributed by atoms with Crippen molar-refractivity contribution >= 4 is 23.1 Å². The highest BCUT2D eigenvalue weighted by molar-refractivity contribution is 8.01. The fourth-order valence-corrected chi connectivity index (χ4v) is 3.43. The van der Waals surface area contributed by atoms with Gasteiger partial charge in [-0.2, -0.15) is 0 Å². The van der Waals surface area contributed by atoms with Gasteiger partial charge in [0.25, 0.3) is 0 Å². The van der Waals surface area contributed by atoms with Gasteiger partial charge in [-0.1, -0.05) is 18.7 Å². The Hall–Kier alpha value is -0.910. The molecule has 0 amide bonds. The number of rotatable bonds is 6. The lowest BCUT2D eigenvalue weighted by Gasteiger charge is -2.12. The average molecular weight is 293 g/mol. The largest absolute Gasteiger partial charge is 0.309 e. The Morgan fingerprint density at radius 3 is 2.84 bits per heavy atom. The molecular weight excluding hydrogens is 274 g/mol. The maximum atomic E-state index is 4.53. The summed E-state index contributed by atoms with van der Waals surface area (Å²) in [5.41, 5.74) is 2.17. The van der Waals surface area contributed by atoms with Gasteiger partial charge in [-0.15, -0.1) is 11.3 Å². The van der Waals surface area contributed by atoms with Crippen molar-refractivity contribution in [2.75, 3.05) is 6.54 Å². The molecule has 2 aromatic heterocycles. The summed E-state index contributed by atoms with van der Waals surface area (Å²) in [6, 6.07) is 4.52. The van der Waals surface area contributed by atoms with Crippen LogP contribution in [0.3, 0.4) is 0 Å². The number of thiazole rings is 1. The molecule has 3 nitrogen and oxygen atoms in total. The summed E-state index contributed by atoms with van der Waals surface area (Å²) in [7, 11) is 0. The van der Waals surface area contributed by atoms with Gasteiger partial charge in [0.1, 0.15) is 0 Å². The van der Waals surface area contributed by atoms with Gasteiger partial charge in [0.05, 0.1) is 5.69 Å². The second-order valence-electron chi connectivity index (χ2n) is 4.45. The van der Waals surface area contributed by atoms with Gasteiger partial charge < -0.3 is 5.32 Å². The molecular formula is C14H19N3S2. The van der Waals surface area contributed by atoms with Crippen molar-refractivity contribution in [1.29, 1.82) is 0 Å². The number of aryl methyl sites for hydroxylation is 1. The van der Waals surface area contributed by atoms with Crippen LogP contribution in [-0.2, 0) is 0 Å². The highest BCUT2D eigenvalue weighted by Crippen LogP contribution is 2.30. The molecule has 0 aliphatic heterocycles. The zero-order chi connectivity index (χ0) is 13.7. The van der Waals surface area contributed by atoms with E-state index >= 15 is 0 Å². The first-order valence-electron chi connectivity index (χ1n) is 6.48. The lowest BCUT2D eigenvalue weighted by Crippen LogP contribution is -2.20. The molecule has 2 heterocycles. The van der Waals surface area contributed by atoms with Gasteiger partial charge in [0.2, 0.25) is 0 Å². The predicted octanol–water partition coefficient (Wildman–Crippen LogP) is 4.06. The minimum atomic E-state index is 0.307. The minimum Gasteiger partial charge on any atom is -0.309 e. The molecule has 19 heavy (non-hydrogen) atoms. The summed E-state index contributed by atoms with van der Waals surface area (Å²) in [6.07, 6.45) is 3.07. The van der Waals surface area contributed by atoms with E-state index in [4.69, 9.17) is 0 Å². The molecule has 0 aliphatic rings. The van der Waals surface area contributed by atoms with Gasteiger partial charge >= 0.3 is 0 Å². The van der Waals surface area contributed by atoms with Crippen molar-refractivity contribution in [2.24, 2.45) is 0 Å². The lowest BCUT2D eigenvalue weighted by atomic mass is 10.2. The fraction of sp³-hybridized carbons (Fsp3) is 0.429. The van der Waals surface area contributed by atoms with E-state index in [-0.39, 0.29) is 0 Å². The monoisotopic (exact) mass is 293 g/mol. The van der Waals surface area contributed by atoms with Crippen molar-refractivity contribution < 1.29 is 0 Å². The molecule has 1 N–H and O–H groups in total. The van der Waals surface area contributed by atoms with E-state index in [1.165, 1.54) is 0 Å². The number of hydrogen-bond acceptors (Lipinski definition) is 5. The first-order valence-corrected chi connectivity index (χ1v) is 8.18. The Kier molecular flexibility index (Phi) is 5.36. The van der Waals surface area contributed by atoms with Crippen LogP contribution >= 0.6 is 23.1 Å². The van der Waals surface area contributed by atoms with Crippen LogP contribution in [0.5, 0.6) is 0 Å². The lowest BCUT2D eigenvalue weighted by molar-refractivity contribution is 0.558. The molecule has 2 aromatic rings. The molecule has 0 aromatic carbocycles. The molecule has 1 atom stereocenters. The summed E-state index contributed by atoms with van der Waals surface area (Å²) >= 11 is 3.35. The average Bonchev–Trinajstić information content (AvgIpc) is 2.82. The van der Waals surface area contributed by atoms with Gasteiger partial charge in [-0.05, 0) is 38.9 Å². The van der Waals surface area contributed by atoms with Crippen molar-refractivity contribution in [3.8, 4) is 0 Å². The number of nitrogens with zero attached hydrogens (tertiary/aromatic N) is 2. The van der Waals surface area contributed by atoms with Crippen molar-refractivity contribution in [3.63, 3.8) is 0 Å². The van der Waals surface area contributed by atoms with E-state index < -0.39 is 0 Å². The van der Waals surface area contributed by atoms with E-state index in [1.807, 2.05) is 13.1 Å². The zero-order valence-corrected chi connectivity index (χ0v) is 13.1. The summed E-state index contributed by atoms with van der Waals surface area (Å²) in [4.78, 5) is 10.1. The normalized spacial score (nSPS) is 12.6. The molecule has 2 rings (SSSR count). The highest BCUT2D eigenvalue weighted by Gasteiger charge is 2.07. The van der Waals surface area contributed by atoms with Crippen LogP contribution in [0.1, 0.15) is 37.7 Å². The number of hydrogen-bond donors (Lipinski definition) is 1. The first kappa shape index (κ1) is 14.5.